The number of carbonyl (C=O) groups excluding carboxylic acids is 3. The van der Waals surface area contributed by atoms with Crippen LogP contribution < -0.4 is 16.4 Å². The summed E-state index contributed by atoms with van der Waals surface area (Å²) in [5, 5.41) is 34.9. The number of nitrogens with one attached hydrogen (secondary N) is 2. The summed E-state index contributed by atoms with van der Waals surface area (Å²) in [5.74, 6) is -3.14. The van der Waals surface area contributed by atoms with Gasteiger partial charge < -0.3 is 36.6 Å². The summed E-state index contributed by atoms with van der Waals surface area (Å²) < 4.78 is 0. The number of rotatable bonds is 7. The van der Waals surface area contributed by atoms with Crippen LogP contribution in [0.5, 0.6) is 11.5 Å². The highest BCUT2D eigenvalue weighted by Crippen LogP contribution is 2.40. The van der Waals surface area contributed by atoms with E-state index in [1.807, 2.05) is 0 Å². The molecule has 188 valence electrons. The number of phenols is 2. The first-order valence-electron chi connectivity index (χ1n) is 10.9. The minimum atomic E-state index is -1.26. The van der Waals surface area contributed by atoms with Crippen LogP contribution in [0.1, 0.15) is 30.1 Å². The van der Waals surface area contributed by atoms with Crippen LogP contribution in [0.25, 0.3) is 0 Å². The number of amides is 3. The Morgan fingerprint density at radius 1 is 0.972 bits per heavy atom. The topological polar surface area (TPSA) is 182 Å². The molecule has 1 saturated heterocycles. The second kappa shape index (κ2) is 9.91. The number of carboxylic acids is 1. The summed E-state index contributed by atoms with van der Waals surface area (Å²) >= 11 is 1.23. The molecule has 3 amide bonds. The van der Waals surface area contributed by atoms with Crippen molar-refractivity contribution in [2.75, 3.05) is 0 Å². The SMILES string of the molecule is CC1=CS[C@@H]2[C@H](NC(=O)[C@H](NC(=O)[C@H](N)c3ccc(O)cc3)c3ccc(O)cc3)C(=O)N2C1C(=O)O. The fourth-order valence-corrected chi connectivity index (χ4v) is 5.26. The van der Waals surface area contributed by atoms with Gasteiger partial charge in [-0.2, -0.15) is 0 Å². The summed E-state index contributed by atoms with van der Waals surface area (Å²) in [6.07, 6.45) is 0. The number of nitrogens with two attached hydrogens (primary N) is 1. The highest BCUT2D eigenvalue weighted by molar-refractivity contribution is 8.02. The minimum absolute atomic E-state index is 0.00248. The maximum absolute atomic E-state index is 13.3. The van der Waals surface area contributed by atoms with Gasteiger partial charge in [0.25, 0.3) is 0 Å². The fourth-order valence-electron chi connectivity index (χ4n) is 4.08. The molecule has 0 saturated carbocycles. The standard InChI is InChI=1S/C24H24N4O7S/c1-11-10-36-23-18(22(33)28(23)19(11)24(34)35)27-21(32)17(13-4-8-15(30)9-5-13)26-20(31)16(25)12-2-6-14(29)7-3-12/h2-10,16-19,23,29-30H,25H2,1H3,(H,26,31)(H,27,32)(H,34,35)/t16-,17-,18-,19?,23-/m1/s1. The second-order valence-electron chi connectivity index (χ2n) is 8.46. The molecule has 0 bridgehead atoms. The van der Waals surface area contributed by atoms with E-state index in [-0.39, 0.29) is 11.5 Å². The number of carboxylic acid groups (broad SMARTS) is 1. The van der Waals surface area contributed by atoms with E-state index in [9.17, 15) is 34.5 Å². The van der Waals surface area contributed by atoms with E-state index >= 15 is 0 Å². The summed E-state index contributed by atoms with van der Waals surface area (Å²) in [4.78, 5) is 51.9. The van der Waals surface area contributed by atoms with Gasteiger partial charge in [0.05, 0.1) is 0 Å². The van der Waals surface area contributed by atoms with Crippen LogP contribution in [0.3, 0.4) is 0 Å². The molecule has 7 N–H and O–H groups in total. The van der Waals surface area contributed by atoms with Gasteiger partial charge in [0, 0.05) is 0 Å². The molecule has 0 radical (unpaired) electrons. The van der Waals surface area contributed by atoms with Crippen molar-refractivity contribution in [2.45, 2.75) is 36.5 Å². The van der Waals surface area contributed by atoms with Crippen molar-refractivity contribution < 1.29 is 34.5 Å². The van der Waals surface area contributed by atoms with Gasteiger partial charge in [-0.1, -0.05) is 24.3 Å². The Kier molecular flexibility index (Phi) is 6.91. The number of nitrogens with zero attached hydrogens (tertiary/aromatic N) is 1. The van der Waals surface area contributed by atoms with Gasteiger partial charge in [-0.05, 0) is 53.3 Å². The Hall–Kier alpha value is -4.03. The van der Waals surface area contributed by atoms with Gasteiger partial charge in [-0.25, -0.2) is 4.79 Å². The van der Waals surface area contributed by atoms with Crippen LogP contribution in [0.4, 0.5) is 0 Å². The van der Waals surface area contributed by atoms with Crippen molar-refractivity contribution in [1.82, 2.24) is 15.5 Å². The van der Waals surface area contributed by atoms with Gasteiger partial charge in [-0.15, -0.1) is 11.8 Å². The lowest BCUT2D eigenvalue weighted by atomic mass is 9.97. The van der Waals surface area contributed by atoms with Gasteiger partial charge >= 0.3 is 5.97 Å². The molecule has 4 rings (SSSR count). The minimum Gasteiger partial charge on any atom is -0.508 e. The predicted molar refractivity (Wildman–Crippen MR) is 129 cm³/mol. The summed E-state index contributed by atoms with van der Waals surface area (Å²) in [6, 6.07) is 6.79. The Labute approximate surface area is 210 Å². The fraction of sp³-hybridized carbons (Fsp3) is 0.250. The Bertz CT molecular complexity index is 1230. The van der Waals surface area contributed by atoms with Crippen LogP contribution >= 0.6 is 11.8 Å². The van der Waals surface area contributed by atoms with Gasteiger partial charge in [0.1, 0.15) is 35.0 Å². The van der Waals surface area contributed by atoms with Crippen molar-refractivity contribution in [2.24, 2.45) is 5.73 Å². The summed E-state index contributed by atoms with van der Waals surface area (Å²) in [7, 11) is 0. The molecule has 2 aliphatic rings. The number of β-lactam (4-membered cyclic amide) rings is 1. The third-order valence-electron chi connectivity index (χ3n) is 6.02. The van der Waals surface area contributed by atoms with E-state index in [1.54, 1.807) is 12.3 Å². The highest BCUT2D eigenvalue weighted by atomic mass is 32.2. The monoisotopic (exact) mass is 512 g/mol. The molecule has 1 unspecified atom stereocenters. The van der Waals surface area contributed by atoms with Gasteiger partial charge in [-0.3, -0.25) is 14.4 Å². The molecule has 12 heteroatoms. The van der Waals surface area contributed by atoms with Gasteiger partial charge in [0.15, 0.2) is 6.04 Å². The van der Waals surface area contributed by atoms with Crippen LogP contribution in [0, 0.1) is 0 Å². The number of hydrogen-bond donors (Lipinski definition) is 6. The Balaban J connectivity index is 1.53. The van der Waals surface area contributed by atoms with Gasteiger partial charge in [0.2, 0.25) is 17.7 Å². The first-order valence-corrected chi connectivity index (χ1v) is 11.8. The van der Waals surface area contributed by atoms with E-state index in [4.69, 9.17) is 5.73 Å². The molecule has 0 spiro atoms. The Morgan fingerprint density at radius 3 is 2.08 bits per heavy atom. The van der Waals surface area contributed by atoms with E-state index in [2.05, 4.69) is 10.6 Å². The summed E-state index contributed by atoms with van der Waals surface area (Å²) in [5.41, 5.74) is 7.30. The molecule has 36 heavy (non-hydrogen) atoms. The molecule has 2 aromatic carbocycles. The lowest BCUT2D eigenvalue weighted by Crippen LogP contribution is -2.74. The zero-order chi connectivity index (χ0) is 26.1. The normalized spacial score (nSPS) is 22.4. The molecular formula is C24H24N4O7S. The van der Waals surface area contributed by atoms with Crippen LogP contribution in [0.15, 0.2) is 59.5 Å². The number of hydrogen-bond acceptors (Lipinski definition) is 8. The quantitative estimate of drug-likeness (QED) is 0.291. The average Bonchev–Trinajstić information content (AvgIpc) is 2.85. The average molecular weight is 513 g/mol. The predicted octanol–water partition coefficient (Wildman–Crippen LogP) is 0.712. The molecule has 0 aliphatic carbocycles. The van der Waals surface area contributed by atoms with Crippen molar-refractivity contribution in [1.29, 1.82) is 0 Å². The largest absolute Gasteiger partial charge is 0.508 e. The van der Waals surface area contributed by atoms with Crippen LogP contribution in [-0.2, 0) is 19.2 Å². The lowest BCUT2D eigenvalue weighted by molar-refractivity contribution is -0.160. The third kappa shape index (κ3) is 4.72. The van der Waals surface area contributed by atoms with Crippen molar-refractivity contribution in [3.63, 3.8) is 0 Å². The van der Waals surface area contributed by atoms with E-state index in [0.717, 1.165) is 0 Å². The summed E-state index contributed by atoms with van der Waals surface area (Å²) in [6.45, 7) is 1.62. The lowest BCUT2D eigenvalue weighted by Gasteiger charge is -2.51. The molecule has 5 atom stereocenters. The highest BCUT2D eigenvalue weighted by Gasteiger charge is 2.55. The molecular weight excluding hydrogens is 488 g/mol. The van der Waals surface area contributed by atoms with Crippen LogP contribution in [-0.4, -0.2) is 61.4 Å². The first kappa shape index (κ1) is 25.1. The maximum atomic E-state index is 13.3. The molecule has 0 aromatic heterocycles. The van der Waals surface area contributed by atoms with E-state index in [1.165, 1.54) is 65.2 Å². The number of phenolic OH excluding ortho intramolecular Hbond substituents is 2. The Morgan fingerprint density at radius 2 is 1.53 bits per heavy atom. The van der Waals surface area contributed by atoms with Crippen molar-refractivity contribution in [3.05, 3.63) is 70.6 Å². The number of benzene rings is 2. The zero-order valence-corrected chi connectivity index (χ0v) is 19.8. The molecule has 1 fully saturated rings. The van der Waals surface area contributed by atoms with Crippen LogP contribution in [0.2, 0.25) is 0 Å². The molecule has 11 nitrogen and oxygen atoms in total. The number of aliphatic carboxylic acids is 1. The van der Waals surface area contributed by atoms with E-state index < -0.39 is 53.2 Å². The van der Waals surface area contributed by atoms with E-state index in [0.29, 0.717) is 16.7 Å². The number of thioether (sulfide) groups is 1. The number of carbonyl (C=O) groups is 4. The smallest absolute Gasteiger partial charge is 0.330 e. The molecule has 2 aliphatic heterocycles. The zero-order valence-electron chi connectivity index (χ0n) is 19.0. The molecule has 2 heterocycles. The second-order valence-corrected chi connectivity index (χ2v) is 9.45. The maximum Gasteiger partial charge on any atom is 0.330 e. The van der Waals surface area contributed by atoms with Crippen molar-refractivity contribution in [3.8, 4) is 11.5 Å². The van der Waals surface area contributed by atoms with Crippen molar-refractivity contribution >= 4 is 35.5 Å². The number of fused-ring (bicyclic) bond motifs is 1. The third-order valence-corrected chi connectivity index (χ3v) is 7.31. The molecule has 2 aromatic rings. The number of aromatic hydroxyl groups is 2. The first-order chi connectivity index (χ1) is 17.1.